The maximum absolute atomic E-state index is 12.9. The first-order chi connectivity index (χ1) is 17.8. The molecule has 1 aromatic carbocycles. The highest BCUT2D eigenvalue weighted by Gasteiger charge is 2.40. The number of rotatable bonds is 23. The van der Waals surface area contributed by atoms with Gasteiger partial charge in [-0.05, 0) is 69.1 Å². The molecule has 1 rings (SSSR count). The van der Waals surface area contributed by atoms with E-state index in [9.17, 15) is 14.7 Å². The van der Waals surface area contributed by atoms with Gasteiger partial charge in [0.1, 0.15) is 17.3 Å². The number of benzene rings is 1. The van der Waals surface area contributed by atoms with Gasteiger partial charge in [-0.2, -0.15) is 0 Å². The minimum absolute atomic E-state index is 0.0143. The molecule has 0 saturated carbocycles. The number of phenolic OH excluding ortho intramolecular Hbond substituents is 1. The zero-order valence-corrected chi connectivity index (χ0v) is 25.1. The molecule has 3 nitrogen and oxygen atoms in total. The summed E-state index contributed by atoms with van der Waals surface area (Å²) < 4.78 is 0. The quantitative estimate of drug-likeness (QED) is 0.117. The fraction of sp³-hybridized carbons (Fsp3) is 0.765. The van der Waals surface area contributed by atoms with Crippen LogP contribution in [-0.4, -0.2) is 16.7 Å². The third kappa shape index (κ3) is 12.2. The zero-order valence-electron chi connectivity index (χ0n) is 25.1. The summed E-state index contributed by atoms with van der Waals surface area (Å²) in [5.41, 5.74) is 2.10. The van der Waals surface area contributed by atoms with Crippen LogP contribution in [-0.2, 0) is 28.9 Å². The summed E-state index contributed by atoms with van der Waals surface area (Å²) in [6.45, 7) is 9.84. The number of aromatic hydroxyl groups is 1. The van der Waals surface area contributed by atoms with Crippen molar-refractivity contribution in [2.45, 2.75) is 163 Å². The van der Waals surface area contributed by atoms with Crippen molar-refractivity contribution in [1.29, 1.82) is 0 Å². The number of hydrogen-bond acceptors (Lipinski definition) is 3. The monoisotopic (exact) mass is 514 g/mol. The van der Waals surface area contributed by atoms with E-state index >= 15 is 0 Å². The zero-order chi connectivity index (χ0) is 27.5. The minimum atomic E-state index is -0.945. The molecule has 0 amide bonds. The van der Waals surface area contributed by atoms with Crippen molar-refractivity contribution < 1.29 is 14.7 Å². The van der Waals surface area contributed by atoms with Gasteiger partial charge in [-0.3, -0.25) is 9.59 Å². The summed E-state index contributed by atoms with van der Waals surface area (Å²) >= 11 is 0. The van der Waals surface area contributed by atoms with Crippen LogP contribution in [0.4, 0.5) is 0 Å². The van der Waals surface area contributed by atoms with Crippen molar-refractivity contribution in [1.82, 2.24) is 0 Å². The molecular formula is C34H58O3. The van der Waals surface area contributed by atoms with E-state index < -0.39 is 5.41 Å². The van der Waals surface area contributed by atoms with E-state index in [-0.39, 0.29) is 11.6 Å². The molecule has 0 heterocycles. The average molecular weight is 515 g/mol. The van der Waals surface area contributed by atoms with E-state index in [1.54, 1.807) is 13.8 Å². The second kappa shape index (κ2) is 19.4. The number of carbonyl (C=O) groups excluding carboxylic acids is 2. The molecule has 37 heavy (non-hydrogen) atoms. The van der Waals surface area contributed by atoms with Crippen LogP contribution in [0.1, 0.15) is 160 Å². The number of hydrogen-bond donors (Lipinski definition) is 1. The number of ketones is 2. The van der Waals surface area contributed by atoms with E-state index in [0.29, 0.717) is 18.6 Å². The predicted molar refractivity (Wildman–Crippen MR) is 159 cm³/mol. The SMILES string of the molecule is CCCCCCCCc1cc(CC(CCCCCC)(C(C)=O)C(C)=O)cc(CCCCCCCC)c1O. The van der Waals surface area contributed by atoms with Crippen molar-refractivity contribution in [2.24, 2.45) is 5.41 Å². The fourth-order valence-corrected chi connectivity index (χ4v) is 5.65. The molecule has 0 aliphatic rings. The highest BCUT2D eigenvalue weighted by Crippen LogP contribution is 2.36. The van der Waals surface area contributed by atoms with Gasteiger partial charge in [0.05, 0.1) is 5.41 Å². The van der Waals surface area contributed by atoms with Crippen LogP contribution < -0.4 is 0 Å². The van der Waals surface area contributed by atoms with Crippen LogP contribution in [0.5, 0.6) is 5.75 Å². The highest BCUT2D eigenvalue weighted by atomic mass is 16.3. The standard InChI is InChI=1S/C34H58O3/c1-6-9-12-15-17-19-22-31-25-30(26-32(33(31)37)23-20-18-16-13-10-7-2)27-34(28(4)35,29(5)36)24-21-14-11-8-3/h25-26,37H,6-24,27H2,1-5H3. The summed E-state index contributed by atoms with van der Waals surface area (Å²) in [5.74, 6) is 0.420. The van der Waals surface area contributed by atoms with Crippen molar-refractivity contribution in [3.05, 3.63) is 28.8 Å². The van der Waals surface area contributed by atoms with Crippen molar-refractivity contribution >= 4 is 11.6 Å². The lowest BCUT2D eigenvalue weighted by atomic mass is 9.71. The fourth-order valence-electron chi connectivity index (χ4n) is 5.65. The second-order valence-electron chi connectivity index (χ2n) is 11.5. The minimum Gasteiger partial charge on any atom is -0.507 e. The lowest BCUT2D eigenvalue weighted by molar-refractivity contribution is -0.139. The van der Waals surface area contributed by atoms with Gasteiger partial charge in [0, 0.05) is 0 Å². The Morgan fingerprint density at radius 3 is 1.41 bits per heavy atom. The number of Topliss-reactive ketones (excluding diaryl/α,β-unsaturated/α-hetero) is 2. The van der Waals surface area contributed by atoms with Crippen molar-refractivity contribution in [3.63, 3.8) is 0 Å². The average Bonchev–Trinajstić information content (AvgIpc) is 2.87. The Balaban J connectivity index is 3.12. The Bertz CT molecular complexity index is 728. The summed E-state index contributed by atoms with van der Waals surface area (Å²) in [6, 6.07) is 4.19. The summed E-state index contributed by atoms with van der Waals surface area (Å²) in [6.07, 6.45) is 21.7. The van der Waals surface area contributed by atoms with Crippen molar-refractivity contribution in [3.8, 4) is 5.75 Å². The number of aryl methyl sites for hydroxylation is 2. The van der Waals surface area contributed by atoms with Crippen LogP contribution in [0.25, 0.3) is 0 Å². The van der Waals surface area contributed by atoms with E-state index in [4.69, 9.17) is 0 Å². The number of phenols is 1. The first kappa shape index (κ1) is 33.4. The van der Waals surface area contributed by atoms with E-state index in [0.717, 1.165) is 68.1 Å². The maximum Gasteiger partial charge on any atom is 0.143 e. The molecule has 0 unspecified atom stereocenters. The van der Waals surface area contributed by atoms with Crippen LogP contribution in [0, 0.1) is 5.41 Å². The van der Waals surface area contributed by atoms with Gasteiger partial charge in [-0.25, -0.2) is 0 Å². The third-order valence-electron chi connectivity index (χ3n) is 8.24. The second-order valence-corrected chi connectivity index (χ2v) is 11.5. The largest absolute Gasteiger partial charge is 0.507 e. The molecule has 0 radical (unpaired) electrons. The molecule has 0 atom stereocenters. The molecule has 212 valence electrons. The molecule has 0 aromatic heterocycles. The smallest absolute Gasteiger partial charge is 0.143 e. The Morgan fingerprint density at radius 2 is 1.00 bits per heavy atom. The van der Waals surface area contributed by atoms with Gasteiger partial charge in [-0.15, -0.1) is 0 Å². The molecule has 0 fully saturated rings. The predicted octanol–water partition coefficient (Wildman–Crippen LogP) is 9.88. The van der Waals surface area contributed by atoms with Gasteiger partial charge in [0.2, 0.25) is 0 Å². The van der Waals surface area contributed by atoms with Crippen LogP contribution >= 0.6 is 0 Å². The molecule has 0 spiro atoms. The van der Waals surface area contributed by atoms with Gasteiger partial charge >= 0.3 is 0 Å². The molecular weight excluding hydrogens is 456 g/mol. The molecule has 0 aliphatic heterocycles. The molecule has 3 heteroatoms. The van der Waals surface area contributed by atoms with Crippen LogP contribution in [0.15, 0.2) is 12.1 Å². The Hall–Kier alpha value is -1.64. The van der Waals surface area contributed by atoms with Gasteiger partial charge in [0.25, 0.3) is 0 Å². The van der Waals surface area contributed by atoms with Gasteiger partial charge in [0.15, 0.2) is 0 Å². The normalized spacial score (nSPS) is 11.7. The third-order valence-corrected chi connectivity index (χ3v) is 8.24. The van der Waals surface area contributed by atoms with Crippen molar-refractivity contribution in [2.75, 3.05) is 0 Å². The number of carbonyl (C=O) groups is 2. The van der Waals surface area contributed by atoms with E-state index in [1.165, 1.54) is 64.2 Å². The topological polar surface area (TPSA) is 54.4 Å². The van der Waals surface area contributed by atoms with Gasteiger partial charge in [-0.1, -0.05) is 123 Å². The first-order valence-electron chi connectivity index (χ1n) is 15.7. The lowest BCUT2D eigenvalue weighted by Gasteiger charge is -2.29. The van der Waals surface area contributed by atoms with E-state index in [2.05, 4.69) is 32.9 Å². The van der Waals surface area contributed by atoms with Gasteiger partial charge < -0.3 is 5.11 Å². The molecule has 0 saturated heterocycles. The summed E-state index contributed by atoms with van der Waals surface area (Å²) in [4.78, 5) is 25.9. The molecule has 1 N–H and O–H groups in total. The number of unbranched alkanes of at least 4 members (excludes halogenated alkanes) is 13. The Morgan fingerprint density at radius 1 is 0.622 bits per heavy atom. The lowest BCUT2D eigenvalue weighted by Crippen LogP contribution is -2.39. The van der Waals surface area contributed by atoms with Crippen LogP contribution in [0.2, 0.25) is 0 Å². The summed E-state index contributed by atoms with van der Waals surface area (Å²) in [7, 11) is 0. The maximum atomic E-state index is 12.9. The highest BCUT2D eigenvalue weighted by molar-refractivity contribution is 6.05. The Labute approximate surface area is 229 Å². The molecule has 1 aromatic rings. The van der Waals surface area contributed by atoms with E-state index in [1.807, 2.05) is 0 Å². The Kier molecular flexibility index (Phi) is 17.5. The molecule has 0 aliphatic carbocycles. The molecule has 0 bridgehead atoms. The first-order valence-corrected chi connectivity index (χ1v) is 15.7. The van der Waals surface area contributed by atoms with Crippen LogP contribution in [0.3, 0.4) is 0 Å². The summed E-state index contributed by atoms with van der Waals surface area (Å²) in [5, 5.41) is 11.2.